The number of fused-ring (bicyclic) bond motifs is 1. The van der Waals surface area contributed by atoms with Crippen LogP contribution in [0.1, 0.15) is 32.3 Å². The van der Waals surface area contributed by atoms with E-state index in [1.807, 2.05) is 26.0 Å². The molecule has 3 heterocycles. The van der Waals surface area contributed by atoms with Crippen molar-refractivity contribution in [1.82, 2.24) is 4.98 Å². The van der Waals surface area contributed by atoms with E-state index in [9.17, 15) is 0 Å². The molecule has 28 heavy (non-hydrogen) atoms. The molecule has 1 saturated carbocycles. The Balaban J connectivity index is 1.43. The van der Waals surface area contributed by atoms with Crippen LogP contribution in [0, 0.1) is 5.92 Å². The molecule has 2 N–H and O–H groups in total. The van der Waals surface area contributed by atoms with Crippen LogP contribution < -0.4 is 5.73 Å². The first-order valence-corrected chi connectivity index (χ1v) is 10.1. The quantitative estimate of drug-likeness (QED) is 0.840. The zero-order valence-corrected chi connectivity index (χ0v) is 17.0. The highest BCUT2D eigenvalue weighted by atomic mass is 35.5. The lowest BCUT2D eigenvalue weighted by molar-refractivity contribution is -0.236. The van der Waals surface area contributed by atoms with Crippen molar-refractivity contribution in [3.05, 3.63) is 34.9 Å². The fraction of sp³-hybridized carbons (Fsp3) is 0.571. The second-order valence-electron chi connectivity index (χ2n) is 8.54. The van der Waals surface area contributed by atoms with Crippen molar-refractivity contribution in [2.24, 2.45) is 5.92 Å². The average molecular weight is 405 g/mol. The van der Waals surface area contributed by atoms with E-state index in [-0.39, 0.29) is 12.2 Å². The summed E-state index contributed by atoms with van der Waals surface area (Å²) in [5, 5.41) is 1.47. The van der Waals surface area contributed by atoms with Gasteiger partial charge < -0.3 is 24.7 Å². The van der Waals surface area contributed by atoms with E-state index in [2.05, 4.69) is 17.1 Å². The molecule has 1 spiro atoms. The van der Waals surface area contributed by atoms with Crippen molar-refractivity contribution in [1.29, 1.82) is 0 Å². The van der Waals surface area contributed by atoms with Crippen LogP contribution in [0.3, 0.4) is 0 Å². The second-order valence-corrected chi connectivity index (χ2v) is 8.95. The van der Waals surface area contributed by atoms with Crippen molar-refractivity contribution in [3.63, 3.8) is 0 Å². The van der Waals surface area contributed by atoms with Gasteiger partial charge in [-0.05, 0) is 62.8 Å². The highest BCUT2D eigenvalue weighted by molar-refractivity contribution is 6.33. The van der Waals surface area contributed by atoms with Gasteiger partial charge in [-0.25, -0.2) is 4.98 Å². The Kier molecular flexibility index (Phi) is 4.17. The molecule has 1 aromatic carbocycles. The van der Waals surface area contributed by atoms with E-state index in [4.69, 9.17) is 36.3 Å². The molecule has 5 atom stereocenters. The van der Waals surface area contributed by atoms with E-state index in [0.717, 1.165) is 30.2 Å². The van der Waals surface area contributed by atoms with E-state index in [1.54, 1.807) is 7.11 Å². The van der Waals surface area contributed by atoms with Crippen molar-refractivity contribution in [2.75, 3.05) is 12.8 Å². The highest BCUT2D eigenvalue weighted by Crippen LogP contribution is 2.56. The molecule has 0 amide bonds. The molecule has 6 nitrogen and oxygen atoms in total. The molecule has 0 radical (unpaired) electrons. The molecular weight excluding hydrogens is 380 g/mol. The third-order valence-corrected chi connectivity index (χ3v) is 6.56. The molecule has 1 aliphatic carbocycles. The summed E-state index contributed by atoms with van der Waals surface area (Å²) in [6.07, 6.45) is 2.19. The maximum absolute atomic E-state index is 6.41. The van der Waals surface area contributed by atoms with Gasteiger partial charge in [0.05, 0.1) is 16.6 Å². The smallest absolute Gasteiger partial charge is 0.186 e. The molecule has 7 heteroatoms. The predicted octanol–water partition coefficient (Wildman–Crippen LogP) is 3.68. The van der Waals surface area contributed by atoms with Crippen LogP contribution in [0.2, 0.25) is 5.02 Å². The fourth-order valence-corrected chi connectivity index (χ4v) is 5.38. The zero-order valence-electron chi connectivity index (χ0n) is 16.3. The van der Waals surface area contributed by atoms with Gasteiger partial charge in [0, 0.05) is 12.5 Å². The normalized spacial score (nSPS) is 36.0. The molecule has 150 valence electrons. The molecule has 3 aliphatic rings. The third-order valence-electron chi connectivity index (χ3n) is 6.26. The second kappa shape index (κ2) is 6.28. The van der Waals surface area contributed by atoms with Crippen molar-refractivity contribution < 1.29 is 18.9 Å². The van der Waals surface area contributed by atoms with Crippen LogP contribution in [0.5, 0.6) is 0 Å². The lowest BCUT2D eigenvalue weighted by Gasteiger charge is -2.29. The maximum atomic E-state index is 6.41. The van der Waals surface area contributed by atoms with Crippen LogP contribution in [-0.4, -0.2) is 42.0 Å². The van der Waals surface area contributed by atoms with Crippen LogP contribution in [0.15, 0.2) is 24.3 Å². The molecule has 2 saturated heterocycles. The standard InChI is InChI=1S/C21H25ClN2O4/c1-20(2)27-17-19(25-3)26-16-12(6-7-21(16,17)28-20)8-11-4-5-15-13(9-11)10-14(22)18(23)24-15/h4-5,9-10,12,16-17,19H,6-8H2,1-3H3,(H2,23,24)/t12-,16+,17?,19?,21+/m0/s1. The van der Waals surface area contributed by atoms with Gasteiger partial charge in [-0.1, -0.05) is 17.7 Å². The van der Waals surface area contributed by atoms with E-state index in [0.29, 0.717) is 16.8 Å². The number of hydrogen-bond acceptors (Lipinski definition) is 6. The van der Waals surface area contributed by atoms with Crippen LogP contribution in [-0.2, 0) is 25.4 Å². The topological polar surface area (TPSA) is 75.8 Å². The summed E-state index contributed by atoms with van der Waals surface area (Å²) in [6.45, 7) is 3.92. The number of pyridine rings is 1. The Hall–Kier alpha value is -1.44. The van der Waals surface area contributed by atoms with Gasteiger partial charge >= 0.3 is 0 Å². The zero-order chi connectivity index (χ0) is 19.7. The molecule has 5 rings (SSSR count). The van der Waals surface area contributed by atoms with Crippen LogP contribution in [0.25, 0.3) is 10.9 Å². The molecule has 1 aromatic heterocycles. The van der Waals surface area contributed by atoms with Gasteiger partial charge in [-0.2, -0.15) is 0 Å². The van der Waals surface area contributed by atoms with Gasteiger partial charge in [-0.3, -0.25) is 0 Å². The lowest BCUT2D eigenvalue weighted by Crippen LogP contribution is -2.44. The minimum absolute atomic E-state index is 0.0481. The van der Waals surface area contributed by atoms with Gasteiger partial charge in [0.2, 0.25) is 0 Å². The first kappa shape index (κ1) is 18.6. The minimum atomic E-state index is -0.621. The van der Waals surface area contributed by atoms with Crippen molar-refractivity contribution in [3.8, 4) is 0 Å². The third kappa shape index (κ3) is 2.74. The molecular formula is C21H25ClN2O4. The number of nitrogen functional groups attached to an aromatic ring is 1. The number of halogens is 1. The van der Waals surface area contributed by atoms with E-state index < -0.39 is 17.7 Å². The maximum Gasteiger partial charge on any atom is 0.186 e. The molecule has 2 unspecified atom stereocenters. The van der Waals surface area contributed by atoms with Crippen LogP contribution in [0.4, 0.5) is 5.82 Å². The van der Waals surface area contributed by atoms with Crippen molar-refractivity contribution >= 4 is 28.3 Å². The summed E-state index contributed by atoms with van der Waals surface area (Å²) in [5.74, 6) is 0.0652. The lowest BCUT2D eigenvalue weighted by atomic mass is 9.90. The molecule has 3 fully saturated rings. The van der Waals surface area contributed by atoms with Crippen molar-refractivity contribution in [2.45, 2.75) is 63.0 Å². The summed E-state index contributed by atoms with van der Waals surface area (Å²) in [4.78, 5) is 4.35. The fourth-order valence-electron chi connectivity index (χ4n) is 5.22. The number of nitrogens with two attached hydrogens (primary N) is 1. The summed E-state index contributed by atoms with van der Waals surface area (Å²) >= 11 is 6.15. The first-order valence-electron chi connectivity index (χ1n) is 9.72. The number of nitrogens with zero attached hydrogens (tertiary/aromatic N) is 1. The molecule has 2 aliphatic heterocycles. The van der Waals surface area contributed by atoms with Gasteiger partial charge in [0.1, 0.15) is 17.5 Å². The van der Waals surface area contributed by atoms with Gasteiger partial charge in [-0.15, -0.1) is 0 Å². The molecule has 0 bridgehead atoms. The first-order chi connectivity index (χ1) is 13.3. The Morgan fingerprint density at radius 1 is 1.29 bits per heavy atom. The van der Waals surface area contributed by atoms with Gasteiger partial charge in [0.15, 0.2) is 12.1 Å². The highest BCUT2D eigenvalue weighted by Gasteiger charge is 2.69. The summed E-state index contributed by atoms with van der Waals surface area (Å²) in [5.41, 5.74) is 7.45. The summed E-state index contributed by atoms with van der Waals surface area (Å²) < 4.78 is 24.4. The monoisotopic (exact) mass is 404 g/mol. The van der Waals surface area contributed by atoms with E-state index >= 15 is 0 Å². The number of methoxy groups -OCH3 is 1. The number of aromatic nitrogens is 1. The summed E-state index contributed by atoms with van der Waals surface area (Å²) in [7, 11) is 1.66. The van der Waals surface area contributed by atoms with Gasteiger partial charge in [0.25, 0.3) is 0 Å². The Morgan fingerprint density at radius 2 is 2.11 bits per heavy atom. The largest absolute Gasteiger partial charge is 0.382 e. The van der Waals surface area contributed by atoms with E-state index in [1.165, 1.54) is 5.56 Å². The van der Waals surface area contributed by atoms with Crippen LogP contribution >= 0.6 is 11.6 Å². The Bertz CT molecular complexity index is 936. The number of benzene rings is 1. The Labute approximate surface area is 169 Å². The average Bonchev–Trinajstić information content (AvgIpc) is 3.20. The number of ether oxygens (including phenoxy) is 4. The predicted molar refractivity (Wildman–Crippen MR) is 106 cm³/mol. The summed E-state index contributed by atoms with van der Waals surface area (Å²) in [6, 6.07) is 8.10. The minimum Gasteiger partial charge on any atom is -0.382 e. The number of hydrogen-bond donors (Lipinski definition) is 1. The SMILES string of the molecule is COC1O[C@@H]2[C@H](Cc3ccc4nc(N)c(Cl)cc4c3)CC[C@@]23OC(C)(C)OC13. The number of rotatable bonds is 3. The Morgan fingerprint density at radius 3 is 2.89 bits per heavy atom. The number of anilines is 1. The molecule has 2 aromatic rings.